The van der Waals surface area contributed by atoms with Crippen molar-refractivity contribution < 1.29 is 14.4 Å². The second-order valence-electron chi connectivity index (χ2n) is 7.12. The maximum absolute atomic E-state index is 13.1. The molecule has 0 bridgehead atoms. The van der Waals surface area contributed by atoms with E-state index in [1.54, 1.807) is 48.5 Å². The van der Waals surface area contributed by atoms with Crippen LogP contribution in [-0.4, -0.2) is 22.7 Å². The molecule has 32 heavy (non-hydrogen) atoms. The highest BCUT2D eigenvalue weighted by Crippen LogP contribution is 2.26. The number of Topliss-reactive ketones (excluding diaryl/α,β-unsaturated/α-hetero) is 1. The Morgan fingerprint density at radius 3 is 2.28 bits per heavy atom. The molecule has 158 valence electrons. The molecule has 2 N–H and O–H groups in total. The first-order chi connectivity index (χ1) is 15.4. The molecule has 3 aromatic carbocycles. The molecule has 0 fully saturated rings. The predicted molar refractivity (Wildman–Crippen MR) is 125 cm³/mol. The van der Waals surface area contributed by atoms with Gasteiger partial charge in [0.2, 0.25) is 0 Å². The Morgan fingerprint density at radius 2 is 1.59 bits per heavy atom. The van der Waals surface area contributed by atoms with Gasteiger partial charge in [0.05, 0.1) is 16.8 Å². The third kappa shape index (κ3) is 4.66. The molecule has 3 amide bonds. The van der Waals surface area contributed by atoms with Gasteiger partial charge in [0.15, 0.2) is 5.78 Å². The van der Waals surface area contributed by atoms with Gasteiger partial charge < -0.3 is 5.32 Å². The summed E-state index contributed by atoms with van der Waals surface area (Å²) in [5, 5.41) is 5.95. The topological polar surface area (TPSA) is 88.2 Å². The van der Waals surface area contributed by atoms with E-state index in [1.165, 1.54) is 6.92 Å². The van der Waals surface area contributed by atoms with Gasteiger partial charge in [-0.25, -0.2) is 9.78 Å². The minimum absolute atomic E-state index is 0.133. The summed E-state index contributed by atoms with van der Waals surface area (Å²) in [6.07, 6.45) is 0. The molecule has 0 aliphatic carbocycles. The molecule has 0 saturated carbocycles. The Labute approximate surface area is 189 Å². The first kappa shape index (κ1) is 21.2. The lowest BCUT2D eigenvalue weighted by Gasteiger charge is -2.12. The zero-order valence-electron chi connectivity index (χ0n) is 17.1. The number of ketones is 1. The molecule has 7 heteroatoms. The van der Waals surface area contributed by atoms with Gasteiger partial charge in [0, 0.05) is 27.2 Å². The van der Waals surface area contributed by atoms with Crippen molar-refractivity contribution in [3.05, 3.63) is 95.0 Å². The maximum Gasteiger partial charge on any atom is 0.326 e. The van der Waals surface area contributed by atoms with Gasteiger partial charge in [-0.05, 0) is 55.5 Å². The molecule has 0 atom stereocenters. The zero-order chi connectivity index (χ0) is 22.7. The first-order valence-corrected chi connectivity index (χ1v) is 10.2. The number of nitrogens with zero attached hydrogens (tertiary/aromatic N) is 1. The molecule has 6 nitrogen and oxygen atoms in total. The Balaban J connectivity index is 1.71. The van der Waals surface area contributed by atoms with Crippen molar-refractivity contribution in [1.82, 2.24) is 10.3 Å². The second-order valence-corrected chi connectivity index (χ2v) is 7.56. The maximum atomic E-state index is 13.1. The normalized spacial score (nSPS) is 10.6. The van der Waals surface area contributed by atoms with Crippen LogP contribution >= 0.6 is 11.6 Å². The number of carbonyl (C=O) groups is 3. The first-order valence-electron chi connectivity index (χ1n) is 9.80. The van der Waals surface area contributed by atoms with Crippen LogP contribution < -0.4 is 10.6 Å². The average molecular weight is 444 g/mol. The van der Waals surface area contributed by atoms with Gasteiger partial charge in [-0.15, -0.1) is 0 Å². The van der Waals surface area contributed by atoms with E-state index in [2.05, 4.69) is 15.6 Å². The van der Waals surface area contributed by atoms with Crippen LogP contribution in [-0.2, 0) is 0 Å². The number of pyridine rings is 1. The number of carbonyl (C=O) groups excluding carboxylic acids is 3. The lowest BCUT2D eigenvalue weighted by molar-refractivity contribution is 0.0966. The summed E-state index contributed by atoms with van der Waals surface area (Å²) in [5.74, 6) is -0.743. The van der Waals surface area contributed by atoms with E-state index in [9.17, 15) is 14.4 Å². The summed E-state index contributed by atoms with van der Waals surface area (Å²) in [5.41, 5.74) is 3.12. The Hall–Kier alpha value is -4.03. The van der Waals surface area contributed by atoms with Gasteiger partial charge in [0.25, 0.3) is 5.91 Å². The molecule has 0 unspecified atom stereocenters. The lowest BCUT2D eigenvalue weighted by atomic mass is 10.0. The summed E-state index contributed by atoms with van der Waals surface area (Å²) in [6, 6.07) is 21.8. The number of nitrogens with one attached hydrogen (secondary N) is 2. The Bertz CT molecular complexity index is 1340. The van der Waals surface area contributed by atoms with E-state index >= 15 is 0 Å². The molecular weight excluding hydrogens is 426 g/mol. The van der Waals surface area contributed by atoms with Crippen molar-refractivity contribution in [3.8, 4) is 11.3 Å². The minimum Gasteiger partial charge on any atom is -0.308 e. The van der Waals surface area contributed by atoms with Crippen molar-refractivity contribution in [3.63, 3.8) is 0 Å². The predicted octanol–water partition coefficient (Wildman–Crippen LogP) is 5.72. The number of aromatic nitrogens is 1. The molecule has 4 rings (SSSR count). The summed E-state index contributed by atoms with van der Waals surface area (Å²) >= 11 is 5.86. The van der Waals surface area contributed by atoms with Gasteiger partial charge in [-0.3, -0.25) is 14.9 Å². The number of urea groups is 1. The fourth-order valence-corrected chi connectivity index (χ4v) is 3.38. The van der Waals surface area contributed by atoms with E-state index in [4.69, 9.17) is 11.6 Å². The van der Waals surface area contributed by atoms with Crippen LogP contribution in [0.5, 0.6) is 0 Å². The quantitative estimate of drug-likeness (QED) is 0.395. The van der Waals surface area contributed by atoms with Crippen molar-refractivity contribution in [2.24, 2.45) is 0 Å². The fraction of sp³-hybridized carbons (Fsp3) is 0.0400. The van der Waals surface area contributed by atoms with E-state index in [-0.39, 0.29) is 11.3 Å². The van der Waals surface area contributed by atoms with Crippen molar-refractivity contribution in [1.29, 1.82) is 0 Å². The third-order valence-electron chi connectivity index (χ3n) is 4.86. The molecule has 0 spiro atoms. The van der Waals surface area contributed by atoms with Crippen LogP contribution in [0.25, 0.3) is 22.2 Å². The summed E-state index contributed by atoms with van der Waals surface area (Å²) in [4.78, 5) is 42.0. The number of hydrogen-bond donors (Lipinski definition) is 2. The van der Waals surface area contributed by atoms with Crippen molar-refractivity contribution >= 4 is 45.9 Å². The average Bonchev–Trinajstić information content (AvgIpc) is 2.80. The molecule has 0 aliphatic rings. The SMILES string of the molecule is CC(=O)c1ccc2nc(-c3ccccc3)cc(C(=O)NC(=O)Nc3ccc(Cl)cc3)c2c1. The van der Waals surface area contributed by atoms with Gasteiger partial charge in [-0.2, -0.15) is 0 Å². The van der Waals surface area contributed by atoms with Crippen molar-refractivity contribution in [2.45, 2.75) is 6.92 Å². The fourth-order valence-electron chi connectivity index (χ4n) is 3.26. The molecule has 0 aliphatic heterocycles. The van der Waals surface area contributed by atoms with Gasteiger partial charge >= 0.3 is 6.03 Å². The van der Waals surface area contributed by atoms with E-state index in [1.807, 2.05) is 30.3 Å². The standard InChI is InChI=1S/C25H18ClN3O3/c1-15(30)17-7-12-22-20(13-17)21(14-23(28-22)16-5-3-2-4-6-16)24(31)29-25(32)27-19-10-8-18(26)9-11-19/h2-14H,1H3,(H2,27,29,31,32). The molecule has 1 heterocycles. The molecule has 1 aromatic heterocycles. The summed E-state index contributed by atoms with van der Waals surface area (Å²) in [7, 11) is 0. The second kappa shape index (κ2) is 8.99. The number of imide groups is 1. The highest BCUT2D eigenvalue weighted by Gasteiger charge is 2.17. The number of anilines is 1. The smallest absolute Gasteiger partial charge is 0.308 e. The number of fused-ring (bicyclic) bond motifs is 1. The number of benzene rings is 3. The van der Waals surface area contributed by atoms with Crippen LogP contribution in [0.2, 0.25) is 5.02 Å². The highest BCUT2D eigenvalue weighted by molar-refractivity contribution is 6.30. The van der Waals surface area contributed by atoms with Crippen LogP contribution in [0.4, 0.5) is 10.5 Å². The van der Waals surface area contributed by atoms with Crippen molar-refractivity contribution in [2.75, 3.05) is 5.32 Å². The van der Waals surface area contributed by atoms with Crippen LogP contribution in [0.15, 0.2) is 78.9 Å². The third-order valence-corrected chi connectivity index (χ3v) is 5.11. The molecule has 0 radical (unpaired) electrons. The number of rotatable bonds is 4. The van der Waals surface area contributed by atoms with E-state index in [0.717, 1.165) is 5.56 Å². The monoisotopic (exact) mass is 443 g/mol. The van der Waals surface area contributed by atoms with Gasteiger partial charge in [0.1, 0.15) is 0 Å². The number of halogens is 1. The Kier molecular flexibility index (Phi) is 5.96. The van der Waals surface area contributed by atoms with Gasteiger partial charge in [-0.1, -0.05) is 41.9 Å². The van der Waals surface area contributed by atoms with Crippen LogP contribution in [0, 0.1) is 0 Å². The number of hydrogen-bond acceptors (Lipinski definition) is 4. The highest BCUT2D eigenvalue weighted by atomic mass is 35.5. The zero-order valence-corrected chi connectivity index (χ0v) is 17.8. The van der Waals surface area contributed by atoms with Crippen LogP contribution in [0.3, 0.4) is 0 Å². The molecule has 0 saturated heterocycles. The van der Waals surface area contributed by atoms with Crippen LogP contribution in [0.1, 0.15) is 27.6 Å². The summed E-state index contributed by atoms with van der Waals surface area (Å²) < 4.78 is 0. The number of amides is 3. The Morgan fingerprint density at radius 1 is 0.875 bits per heavy atom. The largest absolute Gasteiger partial charge is 0.326 e. The molecule has 4 aromatic rings. The molecular formula is C25H18ClN3O3. The summed E-state index contributed by atoms with van der Waals surface area (Å²) in [6.45, 7) is 1.45. The minimum atomic E-state index is -0.689. The van der Waals surface area contributed by atoms with E-state index < -0.39 is 11.9 Å². The van der Waals surface area contributed by atoms with E-state index in [0.29, 0.717) is 32.9 Å². The lowest BCUT2D eigenvalue weighted by Crippen LogP contribution is -2.34.